The van der Waals surface area contributed by atoms with Crippen LogP contribution in [0.2, 0.25) is 0 Å². The summed E-state index contributed by atoms with van der Waals surface area (Å²) < 4.78 is 5.69. The molecule has 0 aromatic heterocycles. The van der Waals surface area contributed by atoms with Gasteiger partial charge in [-0.2, -0.15) is 0 Å². The molecule has 3 nitrogen and oxygen atoms in total. The Kier molecular flexibility index (Phi) is 4.26. The molecule has 0 amide bonds. The third-order valence-corrected chi connectivity index (χ3v) is 3.28. The van der Waals surface area contributed by atoms with Gasteiger partial charge in [-0.15, -0.1) is 0 Å². The van der Waals surface area contributed by atoms with Gasteiger partial charge in [0, 0.05) is 13.1 Å². The Morgan fingerprint density at radius 3 is 3.00 bits per heavy atom. The van der Waals surface area contributed by atoms with Crippen LogP contribution in [-0.4, -0.2) is 33.3 Å². The van der Waals surface area contributed by atoms with Crippen LogP contribution in [0.3, 0.4) is 0 Å². The van der Waals surface area contributed by atoms with Crippen LogP contribution in [0.15, 0.2) is 24.3 Å². The van der Waals surface area contributed by atoms with E-state index in [1.54, 1.807) is 0 Å². The molecule has 1 heterocycles. The second kappa shape index (κ2) is 5.92. The zero-order chi connectivity index (χ0) is 12.1. The summed E-state index contributed by atoms with van der Waals surface area (Å²) in [6.07, 6.45) is 1.27. The summed E-state index contributed by atoms with van der Waals surface area (Å²) in [5.74, 6) is 1.77. The monoisotopic (exact) mass is 234 g/mol. The van der Waals surface area contributed by atoms with Gasteiger partial charge < -0.3 is 15.0 Å². The number of nitrogens with zero attached hydrogens (tertiary/aromatic N) is 1. The first kappa shape index (κ1) is 12.2. The number of hydrogen-bond acceptors (Lipinski definition) is 3. The lowest BCUT2D eigenvalue weighted by Gasteiger charge is -2.21. The SMILES string of the molecule is CCOc1ccccc1N1CCC(CNC)C1. The lowest BCUT2D eigenvalue weighted by atomic mass is 10.1. The molecule has 1 aromatic carbocycles. The Morgan fingerprint density at radius 2 is 2.24 bits per heavy atom. The second-order valence-electron chi connectivity index (χ2n) is 4.56. The number of anilines is 1. The van der Waals surface area contributed by atoms with Crippen LogP contribution in [0.1, 0.15) is 13.3 Å². The number of rotatable bonds is 5. The maximum Gasteiger partial charge on any atom is 0.142 e. The smallest absolute Gasteiger partial charge is 0.142 e. The van der Waals surface area contributed by atoms with Gasteiger partial charge in [0.05, 0.1) is 12.3 Å². The van der Waals surface area contributed by atoms with Crippen LogP contribution in [0.5, 0.6) is 5.75 Å². The summed E-state index contributed by atoms with van der Waals surface area (Å²) in [4.78, 5) is 2.44. The molecule has 1 unspecified atom stereocenters. The average Bonchev–Trinajstić information content (AvgIpc) is 2.79. The van der Waals surface area contributed by atoms with Gasteiger partial charge in [-0.1, -0.05) is 12.1 Å². The first-order valence-electron chi connectivity index (χ1n) is 6.46. The quantitative estimate of drug-likeness (QED) is 0.844. The van der Waals surface area contributed by atoms with E-state index in [1.807, 2.05) is 20.0 Å². The van der Waals surface area contributed by atoms with E-state index in [2.05, 4.69) is 28.4 Å². The highest BCUT2D eigenvalue weighted by Gasteiger charge is 2.23. The summed E-state index contributed by atoms with van der Waals surface area (Å²) in [5.41, 5.74) is 1.24. The highest BCUT2D eigenvalue weighted by molar-refractivity contribution is 5.59. The lowest BCUT2D eigenvalue weighted by Crippen LogP contribution is -2.24. The van der Waals surface area contributed by atoms with Gasteiger partial charge >= 0.3 is 0 Å². The fraction of sp³-hybridized carbons (Fsp3) is 0.571. The number of benzene rings is 1. The van der Waals surface area contributed by atoms with E-state index in [0.29, 0.717) is 0 Å². The molecule has 1 saturated heterocycles. The zero-order valence-corrected chi connectivity index (χ0v) is 10.8. The Bertz CT molecular complexity index is 354. The van der Waals surface area contributed by atoms with Crippen molar-refractivity contribution in [3.8, 4) is 5.75 Å². The van der Waals surface area contributed by atoms with Crippen LogP contribution < -0.4 is 15.0 Å². The second-order valence-corrected chi connectivity index (χ2v) is 4.56. The zero-order valence-electron chi connectivity index (χ0n) is 10.8. The maximum atomic E-state index is 5.69. The molecule has 94 valence electrons. The van der Waals surface area contributed by atoms with Crippen molar-refractivity contribution in [2.75, 3.05) is 38.2 Å². The Hall–Kier alpha value is -1.22. The molecule has 0 radical (unpaired) electrons. The molecule has 2 rings (SSSR count). The van der Waals surface area contributed by atoms with Crippen LogP contribution in [0, 0.1) is 5.92 Å². The molecule has 0 spiro atoms. The summed E-state index contributed by atoms with van der Waals surface area (Å²) in [5, 5.41) is 3.26. The van der Waals surface area contributed by atoms with E-state index < -0.39 is 0 Å². The third kappa shape index (κ3) is 2.91. The Balaban J connectivity index is 2.07. The molecule has 1 N–H and O–H groups in total. The molecule has 1 aliphatic rings. The largest absolute Gasteiger partial charge is 0.492 e. The minimum atomic E-state index is 0.727. The molecular formula is C14H22N2O. The van der Waals surface area contributed by atoms with Gasteiger partial charge in [-0.05, 0) is 45.0 Å². The Labute approximate surface area is 104 Å². The summed E-state index contributed by atoms with van der Waals surface area (Å²) in [6.45, 7) is 6.13. The average molecular weight is 234 g/mol. The van der Waals surface area contributed by atoms with Crippen molar-refractivity contribution in [1.82, 2.24) is 5.32 Å². The number of para-hydroxylation sites is 2. The summed E-state index contributed by atoms with van der Waals surface area (Å²) in [7, 11) is 2.02. The first-order valence-corrected chi connectivity index (χ1v) is 6.46. The van der Waals surface area contributed by atoms with Crippen LogP contribution >= 0.6 is 0 Å². The molecule has 0 bridgehead atoms. The standard InChI is InChI=1S/C14H22N2O/c1-3-17-14-7-5-4-6-13(14)16-9-8-12(11-16)10-15-2/h4-7,12,15H,3,8-11H2,1-2H3. The van der Waals surface area contributed by atoms with Crippen LogP contribution in [-0.2, 0) is 0 Å². The minimum absolute atomic E-state index is 0.727. The number of nitrogens with one attached hydrogen (secondary N) is 1. The molecule has 3 heteroatoms. The maximum absolute atomic E-state index is 5.69. The van der Waals surface area contributed by atoms with Crippen molar-refractivity contribution in [3.63, 3.8) is 0 Å². The van der Waals surface area contributed by atoms with Crippen molar-refractivity contribution < 1.29 is 4.74 Å². The highest BCUT2D eigenvalue weighted by atomic mass is 16.5. The van der Waals surface area contributed by atoms with Gasteiger partial charge in [0.2, 0.25) is 0 Å². The van der Waals surface area contributed by atoms with Crippen molar-refractivity contribution in [1.29, 1.82) is 0 Å². The van der Waals surface area contributed by atoms with Crippen molar-refractivity contribution >= 4 is 5.69 Å². The van der Waals surface area contributed by atoms with Crippen LogP contribution in [0.25, 0.3) is 0 Å². The molecule has 17 heavy (non-hydrogen) atoms. The fourth-order valence-electron chi connectivity index (χ4n) is 2.50. The number of ether oxygens (including phenoxy) is 1. The van der Waals surface area contributed by atoms with Gasteiger partial charge in [-0.25, -0.2) is 0 Å². The van der Waals surface area contributed by atoms with E-state index in [4.69, 9.17) is 4.74 Å². The highest BCUT2D eigenvalue weighted by Crippen LogP contribution is 2.31. The van der Waals surface area contributed by atoms with Crippen LogP contribution in [0.4, 0.5) is 5.69 Å². The van der Waals surface area contributed by atoms with Gasteiger partial charge in [-0.3, -0.25) is 0 Å². The van der Waals surface area contributed by atoms with Crippen molar-refractivity contribution in [2.45, 2.75) is 13.3 Å². The van der Waals surface area contributed by atoms with Gasteiger partial charge in [0.25, 0.3) is 0 Å². The minimum Gasteiger partial charge on any atom is -0.492 e. The van der Waals surface area contributed by atoms with E-state index in [9.17, 15) is 0 Å². The third-order valence-electron chi connectivity index (χ3n) is 3.28. The van der Waals surface area contributed by atoms with E-state index in [-0.39, 0.29) is 0 Å². The predicted octanol–water partition coefficient (Wildman–Crippen LogP) is 2.13. The summed E-state index contributed by atoms with van der Waals surface area (Å²) >= 11 is 0. The van der Waals surface area contributed by atoms with Crippen molar-refractivity contribution in [2.24, 2.45) is 5.92 Å². The van der Waals surface area contributed by atoms with Crippen molar-refractivity contribution in [3.05, 3.63) is 24.3 Å². The number of hydrogen-bond donors (Lipinski definition) is 1. The Morgan fingerprint density at radius 1 is 1.41 bits per heavy atom. The lowest BCUT2D eigenvalue weighted by molar-refractivity contribution is 0.340. The topological polar surface area (TPSA) is 24.5 Å². The normalized spacial score (nSPS) is 19.6. The first-order chi connectivity index (χ1) is 8.35. The van der Waals surface area contributed by atoms with Gasteiger partial charge in [0.15, 0.2) is 0 Å². The molecule has 1 atom stereocenters. The predicted molar refractivity (Wildman–Crippen MR) is 71.9 cm³/mol. The summed E-state index contributed by atoms with van der Waals surface area (Å²) in [6, 6.07) is 8.34. The molecule has 0 saturated carbocycles. The van der Waals surface area contributed by atoms with E-state index in [1.165, 1.54) is 12.1 Å². The molecule has 1 aliphatic heterocycles. The molecule has 1 aromatic rings. The van der Waals surface area contributed by atoms with Gasteiger partial charge in [0.1, 0.15) is 5.75 Å². The molecule has 0 aliphatic carbocycles. The van der Waals surface area contributed by atoms with E-state index in [0.717, 1.165) is 37.9 Å². The fourth-order valence-corrected chi connectivity index (χ4v) is 2.50. The molecule has 1 fully saturated rings. The molecular weight excluding hydrogens is 212 g/mol. The van der Waals surface area contributed by atoms with E-state index >= 15 is 0 Å².